The number of sulfonamides is 1. The molecule has 2 aromatic carbocycles. The molecule has 0 saturated carbocycles. The minimum absolute atomic E-state index is 0.0750. The molecule has 1 heterocycles. The highest BCUT2D eigenvalue weighted by Gasteiger charge is 2.20. The molecule has 152 valence electrons. The molecule has 0 radical (unpaired) electrons. The number of nitrogens with one attached hydrogen (secondary N) is 2. The average molecular weight is 413 g/mol. The van der Waals surface area contributed by atoms with Gasteiger partial charge >= 0.3 is 0 Å². The molecule has 0 unspecified atom stereocenters. The normalized spacial score (nSPS) is 11.8. The van der Waals surface area contributed by atoms with Gasteiger partial charge in [-0.05, 0) is 47.4 Å². The van der Waals surface area contributed by atoms with Crippen LogP contribution in [-0.2, 0) is 22.0 Å². The van der Waals surface area contributed by atoms with Gasteiger partial charge in [0.2, 0.25) is 0 Å². The van der Waals surface area contributed by atoms with Crippen LogP contribution in [0.4, 0.5) is 5.69 Å². The van der Waals surface area contributed by atoms with Crippen LogP contribution < -0.4 is 10.0 Å². The number of para-hydroxylation sites is 1. The number of carbonyl (C=O) groups excluding carboxylic acids is 1. The van der Waals surface area contributed by atoms with Crippen LogP contribution in [0.2, 0.25) is 0 Å². The topological polar surface area (TPSA) is 88.4 Å². The summed E-state index contributed by atoms with van der Waals surface area (Å²) in [6.07, 6.45) is 1.52. The molecule has 0 saturated heterocycles. The smallest absolute Gasteiger partial charge is 0.261 e. The van der Waals surface area contributed by atoms with Crippen molar-refractivity contribution < 1.29 is 17.6 Å². The van der Waals surface area contributed by atoms with Crippen molar-refractivity contribution in [3.8, 4) is 0 Å². The largest absolute Gasteiger partial charge is 0.467 e. The van der Waals surface area contributed by atoms with Crippen molar-refractivity contribution in [2.75, 3.05) is 4.72 Å². The maximum atomic E-state index is 12.8. The highest BCUT2D eigenvalue weighted by Crippen LogP contribution is 2.25. The summed E-state index contributed by atoms with van der Waals surface area (Å²) < 4.78 is 33.4. The predicted octanol–water partition coefficient (Wildman–Crippen LogP) is 4.31. The van der Waals surface area contributed by atoms with E-state index in [9.17, 15) is 13.2 Å². The fourth-order valence-electron chi connectivity index (χ4n) is 2.78. The molecule has 0 aliphatic heterocycles. The zero-order chi connectivity index (χ0) is 21.1. The Morgan fingerprint density at radius 2 is 1.66 bits per heavy atom. The lowest BCUT2D eigenvalue weighted by Gasteiger charge is -2.19. The minimum atomic E-state index is -3.84. The molecule has 3 rings (SSSR count). The zero-order valence-corrected chi connectivity index (χ0v) is 17.4. The molecule has 0 bridgehead atoms. The molecular weight excluding hydrogens is 388 g/mol. The SMILES string of the molecule is CC(C)(C)c1ccc(S(=O)(=O)Nc2ccccc2C(=O)NCc2ccco2)cc1. The molecule has 2 N–H and O–H groups in total. The fourth-order valence-corrected chi connectivity index (χ4v) is 3.86. The van der Waals surface area contributed by atoms with Gasteiger partial charge in [-0.2, -0.15) is 0 Å². The number of amides is 1. The second-order valence-corrected chi connectivity index (χ2v) is 9.37. The number of rotatable bonds is 6. The quantitative estimate of drug-likeness (QED) is 0.631. The van der Waals surface area contributed by atoms with Crippen LogP contribution in [0.25, 0.3) is 0 Å². The second kappa shape index (κ2) is 8.13. The van der Waals surface area contributed by atoms with Crippen molar-refractivity contribution >= 4 is 21.6 Å². The van der Waals surface area contributed by atoms with Crippen molar-refractivity contribution in [3.63, 3.8) is 0 Å². The molecule has 1 aromatic heterocycles. The molecule has 1 amide bonds. The van der Waals surface area contributed by atoms with E-state index >= 15 is 0 Å². The molecule has 0 atom stereocenters. The third-order valence-corrected chi connectivity index (χ3v) is 5.83. The molecular formula is C22H24N2O4S. The first-order valence-electron chi connectivity index (χ1n) is 9.20. The lowest BCUT2D eigenvalue weighted by Crippen LogP contribution is -2.24. The van der Waals surface area contributed by atoms with Gasteiger partial charge in [-0.25, -0.2) is 8.42 Å². The highest BCUT2D eigenvalue weighted by molar-refractivity contribution is 7.92. The number of hydrogen-bond acceptors (Lipinski definition) is 4. The van der Waals surface area contributed by atoms with Crippen LogP contribution in [0.5, 0.6) is 0 Å². The van der Waals surface area contributed by atoms with Gasteiger partial charge in [0.15, 0.2) is 0 Å². The van der Waals surface area contributed by atoms with E-state index in [-0.39, 0.29) is 28.1 Å². The van der Waals surface area contributed by atoms with Gasteiger partial charge in [-0.15, -0.1) is 0 Å². The Hall–Kier alpha value is -3.06. The summed E-state index contributed by atoms with van der Waals surface area (Å²) in [5, 5.41) is 2.72. The Labute approximate surface area is 171 Å². The third kappa shape index (κ3) is 5.06. The van der Waals surface area contributed by atoms with Crippen molar-refractivity contribution in [2.45, 2.75) is 37.6 Å². The average Bonchev–Trinajstić information content (AvgIpc) is 3.19. The summed E-state index contributed by atoms with van der Waals surface area (Å²) in [6.45, 7) is 6.40. The van der Waals surface area contributed by atoms with Crippen molar-refractivity contribution in [1.82, 2.24) is 5.32 Å². The maximum absolute atomic E-state index is 12.8. The fraction of sp³-hybridized carbons (Fsp3) is 0.227. The van der Waals surface area contributed by atoms with Gasteiger partial charge in [0.25, 0.3) is 15.9 Å². The standard InChI is InChI=1S/C22H24N2O4S/c1-22(2,3)16-10-12-18(13-11-16)29(26,27)24-20-9-5-4-8-19(20)21(25)23-15-17-7-6-14-28-17/h4-14,24H,15H2,1-3H3,(H,23,25). The molecule has 0 aliphatic rings. The Bertz CT molecular complexity index is 1080. The van der Waals surface area contributed by atoms with Crippen LogP contribution in [0, 0.1) is 0 Å². The summed E-state index contributed by atoms with van der Waals surface area (Å²) in [5.74, 6) is 0.207. The van der Waals surface area contributed by atoms with Gasteiger partial charge in [0.05, 0.1) is 29.0 Å². The zero-order valence-electron chi connectivity index (χ0n) is 16.6. The molecule has 0 spiro atoms. The number of hydrogen-bond donors (Lipinski definition) is 2. The first kappa shape index (κ1) is 20.7. The highest BCUT2D eigenvalue weighted by atomic mass is 32.2. The first-order valence-corrected chi connectivity index (χ1v) is 10.7. The lowest BCUT2D eigenvalue weighted by atomic mass is 9.87. The van der Waals surface area contributed by atoms with Crippen molar-refractivity contribution in [2.24, 2.45) is 0 Å². The summed E-state index contributed by atoms with van der Waals surface area (Å²) in [4.78, 5) is 12.7. The molecule has 7 heteroatoms. The first-order chi connectivity index (χ1) is 13.7. The summed E-state index contributed by atoms with van der Waals surface area (Å²) >= 11 is 0. The van der Waals surface area contributed by atoms with E-state index in [2.05, 4.69) is 30.8 Å². The molecule has 0 fully saturated rings. The number of anilines is 1. The van der Waals surface area contributed by atoms with Crippen LogP contribution in [0.1, 0.15) is 42.5 Å². The van der Waals surface area contributed by atoms with Crippen LogP contribution in [-0.4, -0.2) is 14.3 Å². The van der Waals surface area contributed by atoms with E-state index < -0.39 is 15.9 Å². The van der Waals surface area contributed by atoms with E-state index in [1.807, 2.05) is 0 Å². The minimum Gasteiger partial charge on any atom is -0.467 e. The Morgan fingerprint density at radius 3 is 2.28 bits per heavy atom. The molecule has 29 heavy (non-hydrogen) atoms. The third-order valence-electron chi connectivity index (χ3n) is 4.45. The molecule has 3 aromatic rings. The van der Waals surface area contributed by atoms with E-state index in [0.717, 1.165) is 5.56 Å². The van der Waals surface area contributed by atoms with E-state index in [4.69, 9.17) is 4.42 Å². The number of carbonyl (C=O) groups is 1. The monoisotopic (exact) mass is 412 g/mol. The second-order valence-electron chi connectivity index (χ2n) is 7.69. The summed E-state index contributed by atoms with van der Waals surface area (Å²) in [7, 11) is -3.84. The van der Waals surface area contributed by atoms with Crippen LogP contribution in [0.15, 0.2) is 76.2 Å². The molecule has 0 aliphatic carbocycles. The summed E-state index contributed by atoms with van der Waals surface area (Å²) in [6, 6.07) is 16.7. The van der Waals surface area contributed by atoms with Gasteiger partial charge in [0, 0.05) is 0 Å². The number of furan rings is 1. The van der Waals surface area contributed by atoms with Gasteiger partial charge in [-0.1, -0.05) is 45.0 Å². The van der Waals surface area contributed by atoms with Gasteiger partial charge < -0.3 is 9.73 Å². The lowest BCUT2D eigenvalue weighted by molar-refractivity contribution is 0.0949. The van der Waals surface area contributed by atoms with Crippen LogP contribution >= 0.6 is 0 Å². The Balaban J connectivity index is 1.79. The number of benzene rings is 2. The molecule has 6 nitrogen and oxygen atoms in total. The Morgan fingerprint density at radius 1 is 0.966 bits per heavy atom. The summed E-state index contributed by atoms with van der Waals surface area (Å²) in [5.41, 5.74) is 1.40. The van der Waals surface area contributed by atoms with E-state index in [1.54, 1.807) is 60.7 Å². The van der Waals surface area contributed by atoms with Crippen LogP contribution in [0.3, 0.4) is 0 Å². The van der Waals surface area contributed by atoms with E-state index in [1.165, 1.54) is 6.26 Å². The van der Waals surface area contributed by atoms with E-state index in [0.29, 0.717) is 5.76 Å². The predicted molar refractivity (Wildman–Crippen MR) is 112 cm³/mol. The van der Waals surface area contributed by atoms with Gasteiger partial charge in [-0.3, -0.25) is 9.52 Å². The van der Waals surface area contributed by atoms with Crippen molar-refractivity contribution in [1.29, 1.82) is 0 Å². The maximum Gasteiger partial charge on any atom is 0.261 e. The Kier molecular flexibility index (Phi) is 5.79. The van der Waals surface area contributed by atoms with Gasteiger partial charge in [0.1, 0.15) is 5.76 Å². The van der Waals surface area contributed by atoms with Crippen molar-refractivity contribution in [3.05, 3.63) is 83.8 Å².